The van der Waals surface area contributed by atoms with E-state index >= 15 is 0 Å². The average Bonchev–Trinajstić information content (AvgIpc) is 2.25. The molecule has 0 aromatic rings. The number of aliphatic hydroxyl groups is 1. The van der Waals surface area contributed by atoms with Crippen LogP contribution in [0.3, 0.4) is 0 Å². The van der Waals surface area contributed by atoms with Crippen LogP contribution in [0.25, 0.3) is 0 Å². The van der Waals surface area contributed by atoms with Crippen molar-refractivity contribution in [3.05, 3.63) is 0 Å². The number of carbonyl (C=O) groups excluding carboxylic acids is 1. The Morgan fingerprint density at radius 3 is 2.67 bits per heavy atom. The second kappa shape index (κ2) is 8.25. The molecule has 1 atom stereocenters. The van der Waals surface area contributed by atoms with Gasteiger partial charge in [0.05, 0.1) is 12.0 Å². The Morgan fingerprint density at radius 1 is 1.53 bits per heavy atom. The van der Waals surface area contributed by atoms with Gasteiger partial charge in [-0.1, -0.05) is 0 Å². The minimum absolute atomic E-state index is 0.0769. The fraction of sp³-hybridized carbons (Fsp3) is 0.818. The first kappa shape index (κ1) is 13.9. The van der Waals surface area contributed by atoms with E-state index in [0.717, 1.165) is 0 Å². The fourth-order valence-electron chi connectivity index (χ4n) is 1.32. The molecule has 0 radical (unpaired) electrons. The van der Waals surface area contributed by atoms with E-state index in [1.165, 1.54) is 0 Å². The van der Waals surface area contributed by atoms with Crippen LogP contribution in [0, 0.1) is 17.2 Å². The summed E-state index contributed by atoms with van der Waals surface area (Å²) in [7, 11) is 0. The van der Waals surface area contributed by atoms with E-state index in [0.29, 0.717) is 32.4 Å². The lowest BCUT2D eigenvalue weighted by molar-refractivity contribution is -0.131. The number of nitriles is 1. The molecule has 86 valence electrons. The molecule has 0 bridgehead atoms. The second-order valence-corrected chi connectivity index (χ2v) is 3.64. The van der Waals surface area contributed by atoms with Crippen LogP contribution in [0.2, 0.25) is 0 Å². The van der Waals surface area contributed by atoms with Crippen LogP contribution in [0.1, 0.15) is 33.1 Å². The first-order chi connectivity index (χ1) is 7.15. The molecular weight excluding hydrogens is 192 g/mol. The summed E-state index contributed by atoms with van der Waals surface area (Å²) in [6, 6.07) is 2.12. The van der Waals surface area contributed by atoms with Gasteiger partial charge in [-0.25, -0.2) is 0 Å². The minimum Gasteiger partial charge on any atom is -0.396 e. The molecule has 0 aliphatic carbocycles. The zero-order valence-electron chi connectivity index (χ0n) is 9.57. The number of amides is 1. The Balaban J connectivity index is 3.94. The van der Waals surface area contributed by atoms with E-state index in [4.69, 9.17) is 10.4 Å². The van der Waals surface area contributed by atoms with Crippen molar-refractivity contribution in [1.29, 1.82) is 5.26 Å². The topological polar surface area (TPSA) is 64.3 Å². The minimum atomic E-state index is -0.119. The summed E-state index contributed by atoms with van der Waals surface area (Å²) in [5, 5.41) is 17.2. The summed E-state index contributed by atoms with van der Waals surface area (Å²) < 4.78 is 0. The van der Waals surface area contributed by atoms with Gasteiger partial charge in [-0.15, -0.1) is 0 Å². The molecule has 0 aliphatic heterocycles. The van der Waals surface area contributed by atoms with Gasteiger partial charge in [-0.2, -0.15) is 5.26 Å². The molecule has 0 saturated heterocycles. The van der Waals surface area contributed by atoms with E-state index in [1.807, 2.05) is 13.8 Å². The summed E-state index contributed by atoms with van der Waals surface area (Å²) in [4.78, 5) is 13.3. The standard InChI is InChI=1S/C11H20N2O2/c1-3-13(9-10(2)8-12)11(15)6-4-5-7-14/h10,14H,3-7,9H2,1-2H3. The maximum atomic E-state index is 11.6. The van der Waals surface area contributed by atoms with Crippen molar-refractivity contribution in [3.63, 3.8) is 0 Å². The van der Waals surface area contributed by atoms with Gasteiger partial charge in [-0.3, -0.25) is 4.79 Å². The quantitative estimate of drug-likeness (QED) is 0.644. The van der Waals surface area contributed by atoms with Crippen molar-refractivity contribution < 1.29 is 9.90 Å². The van der Waals surface area contributed by atoms with Gasteiger partial charge < -0.3 is 10.0 Å². The lowest BCUT2D eigenvalue weighted by atomic mass is 10.1. The normalized spacial score (nSPS) is 11.9. The maximum absolute atomic E-state index is 11.6. The summed E-state index contributed by atoms with van der Waals surface area (Å²) in [6.07, 6.45) is 1.84. The van der Waals surface area contributed by atoms with Gasteiger partial charge in [0.2, 0.25) is 5.91 Å². The van der Waals surface area contributed by atoms with Gasteiger partial charge in [0.1, 0.15) is 0 Å². The monoisotopic (exact) mass is 212 g/mol. The molecule has 4 nitrogen and oxygen atoms in total. The molecule has 0 saturated carbocycles. The van der Waals surface area contributed by atoms with E-state index in [2.05, 4.69) is 6.07 Å². The average molecular weight is 212 g/mol. The zero-order valence-corrected chi connectivity index (χ0v) is 9.57. The highest BCUT2D eigenvalue weighted by molar-refractivity contribution is 5.76. The zero-order chi connectivity index (χ0) is 11.7. The Labute approximate surface area is 91.5 Å². The Bertz CT molecular complexity index is 223. The molecular formula is C11H20N2O2. The molecule has 15 heavy (non-hydrogen) atoms. The number of hydrogen-bond acceptors (Lipinski definition) is 3. The first-order valence-corrected chi connectivity index (χ1v) is 5.43. The summed E-state index contributed by atoms with van der Waals surface area (Å²) in [5.41, 5.74) is 0. The third-order valence-corrected chi connectivity index (χ3v) is 2.25. The van der Waals surface area contributed by atoms with Crippen LogP contribution in [0.4, 0.5) is 0 Å². The van der Waals surface area contributed by atoms with Crippen LogP contribution in [-0.4, -0.2) is 35.6 Å². The van der Waals surface area contributed by atoms with E-state index < -0.39 is 0 Å². The predicted octanol–water partition coefficient (Wildman–Crippen LogP) is 1.16. The summed E-state index contributed by atoms with van der Waals surface area (Å²) in [5.74, 6) is -0.0419. The van der Waals surface area contributed by atoms with Crippen molar-refractivity contribution in [3.8, 4) is 6.07 Å². The lowest BCUT2D eigenvalue weighted by Gasteiger charge is -2.21. The van der Waals surface area contributed by atoms with Gasteiger partial charge in [0.25, 0.3) is 0 Å². The lowest BCUT2D eigenvalue weighted by Crippen LogP contribution is -2.34. The van der Waals surface area contributed by atoms with Gasteiger partial charge in [-0.05, 0) is 26.7 Å². The molecule has 1 unspecified atom stereocenters. The highest BCUT2D eigenvalue weighted by Crippen LogP contribution is 2.04. The Hall–Kier alpha value is -1.08. The predicted molar refractivity (Wildman–Crippen MR) is 58.0 cm³/mol. The Morgan fingerprint density at radius 2 is 2.20 bits per heavy atom. The van der Waals surface area contributed by atoms with Crippen molar-refractivity contribution in [2.75, 3.05) is 19.7 Å². The largest absolute Gasteiger partial charge is 0.396 e. The number of carbonyl (C=O) groups is 1. The van der Waals surface area contributed by atoms with Crippen molar-refractivity contribution in [1.82, 2.24) is 4.90 Å². The van der Waals surface area contributed by atoms with Gasteiger partial charge >= 0.3 is 0 Å². The number of unbranched alkanes of at least 4 members (excludes halogenated alkanes) is 1. The smallest absolute Gasteiger partial charge is 0.222 e. The van der Waals surface area contributed by atoms with Crippen molar-refractivity contribution in [2.24, 2.45) is 5.92 Å². The van der Waals surface area contributed by atoms with Crippen molar-refractivity contribution >= 4 is 5.91 Å². The van der Waals surface area contributed by atoms with Crippen LogP contribution in [-0.2, 0) is 4.79 Å². The molecule has 4 heteroatoms. The van der Waals surface area contributed by atoms with Crippen LogP contribution in [0.15, 0.2) is 0 Å². The summed E-state index contributed by atoms with van der Waals surface area (Å²) >= 11 is 0. The molecule has 0 fully saturated rings. The first-order valence-electron chi connectivity index (χ1n) is 5.43. The molecule has 0 rings (SSSR count). The number of rotatable bonds is 7. The number of nitrogens with zero attached hydrogens (tertiary/aromatic N) is 2. The highest BCUT2D eigenvalue weighted by Gasteiger charge is 2.13. The van der Waals surface area contributed by atoms with Crippen molar-refractivity contribution in [2.45, 2.75) is 33.1 Å². The molecule has 0 aromatic carbocycles. The highest BCUT2D eigenvalue weighted by atomic mass is 16.3. The third-order valence-electron chi connectivity index (χ3n) is 2.25. The molecule has 0 aliphatic rings. The third kappa shape index (κ3) is 6.08. The van der Waals surface area contributed by atoms with Crippen LogP contribution >= 0.6 is 0 Å². The van der Waals surface area contributed by atoms with E-state index in [-0.39, 0.29) is 18.4 Å². The van der Waals surface area contributed by atoms with Gasteiger partial charge in [0, 0.05) is 26.1 Å². The van der Waals surface area contributed by atoms with E-state index in [1.54, 1.807) is 4.90 Å². The summed E-state index contributed by atoms with van der Waals surface area (Å²) in [6.45, 7) is 5.00. The second-order valence-electron chi connectivity index (χ2n) is 3.64. The SMILES string of the molecule is CCN(CC(C)C#N)C(=O)CCCCO. The van der Waals surface area contributed by atoms with Crippen LogP contribution in [0.5, 0.6) is 0 Å². The molecule has 0 heterocycles. The van der Waals surface area contributed by atoms with Crippen LogP contribution < -0.4 is 0 Å². The van der Waals surface area contributed by atoms with E-state index in [9.17, 15) is 4.79 Å². The maximum Gasteiger partial charge on any atom is 0.222 e. The molecule has 1 N–H and O–H groups in total. The Kier molecular flexibility index (Phi) is 7.65. The van der Waals surface area contributed by atoms with Gasteiger partial charge in [0.15, 0.2) is 0 Å². The number of aliphatic hydroxyl groups excluding tert-OH is 1. The number of hydrogen-bond donors (Lipinski definition) is 1. The molecule has 0 spiro atoms. The molecule has 0 aromatic heterocycles. The molecule has 1 amide bonds. The fourth-order valence-corrected chi connectivity index (χ4v) is 1.32.